The third-order valence-electron chi connectivity index (χ3n) is 4.64. The molecule has 0 saturated carbocycles. The first-order chi connectivity index (χ1) is 9.78. The van der Waals surface area contributed by atoms with Crippen LogP contribution in [0.4, 0.5) is 0 Å². The summed E-state index contributed by atoms with van der Waals surface area (Å²) >= 11 is 3.79. The number of nitrogens with zero attached hydrogens (tertiary/aromatic N) is 3. The van der Waals surface area contributed by atoms with Gasteiger partial charge in [0.2, 0.25) is 5.91 Å². The van der Waals surface area contributed by atoms with Gasteiger partial charge in [-0.2, -0.15) is 11.8 Å². The molecule has 1 unspecified atom stereocenters. The Bertz CT molecular complexity index is 335. The maximum Gasteiger partial charge on any atom is 0.236 e. The van der Waals surface area contributed by atoms with Gasteiger partial charge in [-0.25, -0.2) is 0 Å². The number of amides is 1. The summed E-state index contributed by atoms with van der Waals surface area (Å²) in [5.74, 6) is 3.75. The van der Waals surface area contributed by atoms with Gasteiger partial charge >= 0.3 is 0 Å². The molecule has 114 valence electrons. The Hall–Kier alpha value is 0.0900. The topological polar surface area (TPSA) is 26.8 Å². The SMILES string of the molecule is CCN1CCN(C2CN(C(=O)C3CSCCS3)C2)CC1. The third-order valence-corrected chi connectivity index (χ3v) is 7.38. The first-order valence-corrected chi connectivity index (χ1v) is 9.93. The van der Waals surface area contributed by atoms with Crippen LogP contribution in [0.1, 0.15) is 6.92 Å². The van der Waals surface area contributed by atoms with Crippen molar-refractivity contribution in [2.75, 3.05) is 63.1 Å². The predicted octanol–water partition coefficient (Wildman–Crippen LogP) is 0.683. The summed E-state index contributed by atoms with van der Waals surface area (Å²) in [5, 5.41) is 0.228. The minimum Gasteiger partial charge on any atom is -0.338 e. The van der Waals surface area contributed by atoms with Crippen LogP contribution < -0.4 is 0 Å². The van der Waals surface area contributed by atoms with Crippen molar-refractivity contribution in [2.45, 2.75) is 18.2 Å². The summed E-state index contributed by atoms with van der Waals surface area (Å²) in [6.07, 6.45) is 0. The Labute approximate surface area is 130 Å². The fourth-order valence-corrected chi connectivity index (χ4v) is 5.77. The van der Waals surface area contributed by atoms with Crippen molar-refractivity contribution in [3.05, 3.63) is 0 Å². The maximum absolute atomic E-state index is 12.4. The molecule has 0 N–H and O–H groups in total. The monoisotopic (exact) mass is 315 g/mol. The number of rotatable bonds is 3. The van der Waals surface area contributed by atoms with Crippen LogP contribution in [0.2, 0.25) is 0 Å². The molecule has 0 radical (unpaired) electrons. The summed E-state index contributed by atoms with van der Waals surface area (Å²) in [5.41, 5.74) is 0. The van der Waals surface area contributed by atoms with Gasteiger partial charge in [-0.15, -0.1) is 11.8 Å². The van der Waals surface area contributed by atoms with Gasteiger partial charge in [0.25, 0.3) is 0 Å². The van der Waals surface area contributed by atoms with Crippen LogP contribution in [0, 0.1) is 0 Å². The second kappa shape index (κ2) is 6.90. The van der Waals surface area contributed by atoms with E-state index in [2.05, 4.69) is 21.6 Å². The minimum absolute atomic E-state index is 0.228. The predicted molar refractivity (Wildman–Crippen MR) is 87.6 cm³/mol. The zero-order valence-corrected chi connectivity index (χ0v) is 13.9. The summed E-state index contributed by atoms with van der Waals surface area (Å²) in [6.45, 7) is 10.1. The van der Waals surface area contributed by atoms with Crippen LogP contribution in [0.15, 0.2) is 0 Å². The van der Waals surface area contributed by atoms with Crippen LogP contribution in [-0.4, -0.2) is 95.0 Å². The van der Waals surface area contributed by atoms with Gasteiger partial charge in [-0.3, -0.25) is 9.69 Å². The number of carbonyl (C=O) groups is 1. The van der Waals surface area contributed by atoms with Crippen LogP contribution in [0.3, 0.4) is 0 Å². The number of hydrogen-bond acceptors (Lipinski definition) is 5. The van der Waals surface area contributed by atoms with Gasteiger partial charge in [0.15, 0.2) is 0 Å². The molecule has 3 saturated heterocycles. The number of carbonyl (C=O) groups excluding carboxylic acids is 1. The lowest BCUT2D eigenvalue weighted by atomic mass is 10.1. The number of piperazine rings is 1. The molecule has 3 aliphatic rings. The molecule has 6 heteroatoms. The zero-order chi connectivity index (χ0) is 13.9. The summed E-state index contributed by atoms with van der Waals surface area (Å²) in [4.78, 5) is 19.5. The molecule has 1 atom stereocenters. The molecular formula is C14H25N3OS2. The van der Waals surface area contributed by atoms with Crippen molar-refractivity contribution in [1.82, 2.24) is 14.7 Å². The highest BCUT2D eigenvalue weighted by Crippen LogP contribution is 2.28. The number of thioether (sulfide) groups is 2. The third kappa shape index (κ3) is 3.29. The van der Waals surface area contributed by atoms with E-state index in [0.29, 0.717) is 11.9 Å². The van der Waals surface area contributed by atoms with E-state index in [9.17, 15) is 4.79 Å². The van der Waals surface area contributed by atoms with Crippen molar-refractivity contribution < 1.29 is 4.79 Å². The maximum atomic E-state index is 12.4. The molecule has 20 heavy (non-hydrogen) atoms. The van der Waals surface area contributed by atoms with E-state index in [0.717, 1.165) is 24.6 Å². The van der Waals surface area contributed by atoms with Crippen molar-refractivity contribution in [2.24, 2.45) is 0 Å². The van der Waals surface area contributed by atoms with Crippen LogP contribution >= 0.6 is 23.5 Å². The molecule has 0 aliphatic carbocycles. The van der Waals surface area contributed by atoms with E-state index in [1.54, 1.807) is 0 Å². The number of likely N-dealkylation sites (N-methyl/N-ethyl adjacent to an activating group) is 1. The number of likely N-dealkylation sites (tertiary alicyclic amines) is 1. The van der Waals surface area contributed by atoms with E-state index in [-0.39, 0.29) is 5.25 Å². The van der Waals surface area contributed by atoms with Gasteiger partial charge in [0.1, 0.15) is 0 Å². The Balaban J connectivity index is 1.41. The van der Waals surface area contributed by atoms with Gasteiger partial charge in [0.05, 0.1) is 5.25 Å². The van der Waals surface area contributed by atoms with Gasteiger partial charge in [-0.05, 0) is 6.54 Å². The van der Waals surface area contributed by atoms with Crippen LogP contribution in [-0.2, 0) is 4.79 Å². The molecule has 3 rings (SSSR count). The molecular weight excluding hydrogens is 290 g/mol. The molecule has 0 aromatic heterocycles. The molecule has 0 aromatic carbocycles. The number of hydrogen-bond donors (Lipinski definition) is 0. The zero-order valence-electron chi connectivity index (χ0n) is 12.3. The molecule has 4 nitrogen and oxygen atoms in total. The molecule has 0 bridgehead atoms. The first-order valence-electron chi connectivity index (χ1n) is 7.72. The second-order valence-electron chi connectivity index (χ2n) is 5.80. The molecule has 0 aromatic rings. The van der Waals surface area contributed by atoms with Gasteiger partial charge < -0.3 is 9.80 Å². The van der Waals surface area contributed by atoms with Gasteiger partial charge in [0, 0.05) is 62.6 Å². The molecule has 3 fully saturated rings. The average molecular weight is 316 g/mol. The van der Waals surface area contributed by atoms with E-state index in [1.807, 2.05) is 23.5 Å². The summed E-state index contributed by atoms with van der Waals surface area (Å²) < 4.78 is 0. The highest BCUT2D eigenvalue weighted by Gasteiger charge is 2.38. The van der Waals surface area contributed by atoms with Crippen molar-refractivity contribution in [3.8, 4) is 0 Å². The molecule has 3 heterocycles. The Morgan fingerprint density at radius 2 is 1.90 bits per heavy atom. The second-order valence-corrected chi connectivity index (χ2v) is 8.26. The Kier molecular flexibility index (Phi) is 5.18. The molecule has 1 amide bonds. The van der Waals surface area contributed by atoms with Crippen molar-refractivity contribution >= 4 is 29.4 Å². The normalized spacial score (nSPS) is 30.2. The quantitative estimate of drug-likeness (QED) is 0.763. The van der Waals surface area contributed by atoms with E-state index in [1.165, 1.54) is 38.5 Å². The average Bonchev–Trinajstić information content (AvgIpc) is 2.47. The van der Waals surface area contributed by atoms with E-state index in [4.69, 9.17) is 0 Å². The Morgan fingerprint density at radius 1 is 1.15 bits per heavy atom. The van der Waals surface area contributed by atoms with Crippen LogP contribution in [0.25, 0.3) is 0 Å². The van der Waals surface area contributed by atoms with E-state index >= 15 is 0 Å². The molecule has 0 spiro atoms. The van der Waals surface area contributed by atoms with Gasteiger partial charge in [-0.1, -0.05) is 6.92 Å². The molecule has 3 aliphatic heterocycles. The fraction of sp³-hybridized carbons (Fsp3) is 0.929. The lowest BCUT2D eigenvalue weighted by molar-refractivity contribution is -0.138. The summed E-state index contributed by atoms with van der Waals surface area (Å²) in [6, 6.07) is 0.624. The van der Waals surface area contributed by atoms with E-state index < -0.39 is 0 Å². The van der Waals surface area contributed by atoms with Crippen LogP contribution in [0.5, 0.6) is 0 Å². The standard InChI is InChI=1S/C14H25N3OS2/c1-2-15-3-5-16(6-4-15)12-9-17(10-12)14(18)13-11-19-7-8-20-13/h12-13H,2-11H2,1H3. The lowest BCUT2D eigenvalue weighted by Gasteiger charge is -2.48. The highest BCUT2D eigenvalue weighted by atomic mass is 32.2. The highest BCUT2D eigenvalue weighted by molar-refractivity contribution is 8.07. The summed E-state index contributed by atoms with van der Waals surface area (Å²) in [7, 11) is 0. The Morgan fingerprint density at radius 3 is 2.50 bits per heavy atom. The smallest absolute Gasteiger partial charge is 0.236 e. The first kappa shape index (κ1) is 15.0. The fourth-order valence-electron chi connectivity index (χ4n) is 3.14. The van der Waals surface area contributed by atoms with Crippen molar-refractivity contribution in [1.29, 1.82) is 0 Å². The van der Waals surface area contributed by atoms with Crippen molar-refractivity contribution in [3.63, 3.8) is 0 Å². The largest absolute Gasteiger partial charge is 0.338 e. The minimum atomic E-state index is 0.228. The lowest BCUT2D eigenvalue weighted by Crippen LogP contribution is -2.65.